The first-order valence-corrected chi connectivity index (χ1v) is 8.12. The van der Waals surface area contributed by atoms with Crippen molar-refractivity contribution in [3.05, 3.63) is 47.9 Å². The zero-order chi connectivity index (χ0) is 16.4. The third-order valence-corrected chi connectivity index (χ3v) is 4.17. The molecule has 1 aromatic carbocycles. The van der Waals surface area contributed by atoms with Crippen LogP contribution in [-0.4, -0.2) is 11.0 Å². The summed E-state index contributed by atoms with van der Waals surface area (Å²) in [5.74, 6) is 1.72. The van der Waals surface area contributed by atoms with Gasteiger partial charge in [-0.2, -0.15) is 0 Å². The number of hydrogen-bond donors (Lipinski definition) is 1. The molecule has 1 aromatic heterocycles. The third kappa shape index (κ3) is 3.81. The van der Waals surface area contributed by atoms with Crippen molar-refractivity contribution in [2.45, 2.75) is 51.5 Å². The Morgan fingerprint density at radius 2 is 1.87 bits per heavy atom. The van der Waals surface area contributed by atoms with E-state index >= 15 is 0 Å². The van der Waals surface area contributed by atoms with Gasteiger partial charge < -0.3 is 10.1 Å². The van der Waals surface area contributed by atoms with E-state index in [1.807, 2.05) is 32.9 Å². The predicted molar refractivity (Wildman–Crippen MR) is 90.7 cm³/mol. The van der Waals surface area contributed by atoms with Crippen molar-refractivity contribution in [1.29, 1.82) is 0 Å². The molecule has 1 fully saturated rings. The highest BCUT2D eigenvalue weighted by Gasteiger charge is 2.19. The SMILES string of the molecule is CC(C)(C)c1ccc(Oc2ccnc(NC3CCC3)c2)cc1F. The van der Waals surface area contributed by atoms with Crippen molar-refractivity contribution in [3.63, 3.8) is 0 Å². The quantitative estimate of drug-likeness (QED) is 0.834. The smallest absolute Gasteiger partial charge is 0.132 e. The number of hydrogen-bond acceptors (Lipinski definition) is 3. The van der Waals surface area contributed by atoms with E-state index in [2.05, 4.69) is 10.3 Å². The Bertz CT molecular complexity index is 690. The molecule has 0 saturated heterocycles. The number of nitrogens with zero attached hydrogens (tertiary/aromatic N) is 1. The van der Waals surface area contributed by atoms with Gasteiger partial charge in [0.25, 0.3) is 0 Å². The molecule has 1 aliphatic rings. The van der Waals surface area contributed by atoms with Crippen LogP contribution in [0.25, 0.3) is 0 Å². The number of pyridine rings is 1. The Morgan fingerprint density at radius 1 is 1.13 bits per heavy atom. The number of benzene rings is 1. The van der Waals surface area contributed by atoms with E-state index in [0.717, 1.165) is 5.82 Å². The van der Waals surface area contributed by atoms with Crippen molar-refractivity contribution in [3.8, 4) is 11.5 Å². The molecule has 3 nitrogen and oxygen atoms in total. The van der Waals surface area contributed by atoms with Gasteiger partial charge in [-0.05, 0) is 42.4 Å². The molecule has 1 N–H and O–H groups in total. The van der Waals surface area contributed by atoms with Gasteiger partial charge in [-0.15, -0.1) is 0 Å². The summed E-state index contributed by atoms with van der Waals surface area (Å²) in [5, 5.41) is 3.38. The Labute approximate surface area is 136 Å². The lowest BCUT2D eigenvalue weighted by Gasteiger charge is -2.26. The van der Waals surface area contributed by atoms with E-state index in [9.17, 15) is 4.39 Å². The molecule has 0 atom stereocenters. The average molecular weight is 314 g/mol. The van der Waals surface area contributed by atoms with Crippen molar-refractivity contribution in [2.75, 3.05) is 5.32 Å². The fourth-order valence-corrected chi connectivity index (χ4v) is 2.62. The molecule has 23 heavy (non-hydrogen) atoms. The fourth-order valence-electron chi connectivity index (χ4n) is 2.62. The van der Waals surface area contributed by atoms with Gasteiger partial charge in [-0.3, -0.25) is 0 Å². The summed E-state index contributed by atoms with van der Waals surface area (Å²) in [6.07, 6.45) is 5.35. The molecule has 4 heteroatoms. The van der Waals surface area contributed by atoms with Crippen LogP contribution in [0.4, 0.5) is 10.2 Å². The van der Waals surface area contributed by atoms with Crippen molar-refractivity contribution in [1.82, 2.24) is 4.98 Å². The van der Waals surface area contributed by atoms with Crippen LogP contribution in [0.15, 0.2) is 36.5 Å². The van der Waals surface area contributed by atoms with Gasteiger partial charge in [0.05, 0.1) is 0 Å². The summed E-state index contributed by atoms with van der Waals surface area (Å²) in [6.45, 7) is 5.98. The summed E-state index contributed by atoms with van der Waals surface area (Å²) >= 11 is 0. The molecule has 1 heterocycles. The molecule has 1 aliphatic carbocycles. The number of rotatable bonds is 4. The van der Waals surface area contributed by atoms with Crippen LogP contribution in [0.3, 0.4) is 0 Å². The Balaban J connectivity index is 1.74. The molecule has 0 unspecified atom stereocenters. The Morgan fingerprint density at radius 3 is 2.48 bits per heavy atom. The van der Waals surface area contributed by atoms with Crippen LogP contribution in [0.5, 0.6) is 11.5 Å². The maximum absolute atomic E-state index is 14.2. The van der Waals surface area contributed by atoms with Crippen LogP contribution in [0, 0.1) is 5.82 Å². The lowest BCUT2D eigenvalue weighted by Crippen LogP contribution is -2.27. The zero-order valence-electron chi connectivity index (χ0n) is 13.9. The average Bonchev–Trinajstić information content (AvgIpc) is 2.42. The number of anilines is 1. The fraction of sp³-hybridized carbons (Fsp3) is 0.421. The molecule has 2 aromatic rings. The van der Waals surface area contributed by atoms with E-state index < -0.39 is 0 Å². The third-order valence-electron chi connectivity index (χ3n) is 4.17. The molecule has 0 bridgehead atoms. The standard InChI is InChI=1S/C19H23FN2O/c1-19(2,3)16-8-7-14(11-17(16)20)23-15-9-10-21-18(12-15)22-13-5-4-6-13/h7-13H,4-6H2,1-3H3,(H,21,22). The summed E-state index contributed by atoms with van der Waals surface area (Å²) in [7, 11) is 0. The van der Waals surface area contributed by atoms with Crippen molar-refractivity contribution < 1.29 is 9.13 Å². The Kier molecular flexibility index (Phi) is 4.24. The summed E-state index contributed by atoms with van der Waals surface area (Å²) in [6, 6.07) is 9.19. The van der Waals surface area contributed by atoms with Gasteiger partial charge in [-0.1, -0.05) is 26.8 Å². The molecule has 122 valence electrons. The van der Waals surface area contributed by atoms with Gasteiger partial charge >= 0.3 is 0 Å². The number of halogens is 1. The summed E-state index contributed by atoms with van der Waals surface area (Å²) in [5.41, 5.74) is 0.464. The highest BCUT2D eigenvalue weighted by atomic mass is 19.1. The van der Waals surface area contributed by atoms with Crippen LogP contribution >= 0.6 is 0 Å². The number of aromatic nitrogens is 1. The maximum atomic E-state index is 14.2. The number of nitrogens with one attached hydrogen (secondary N) is 1. The lowest BCUT2D eigenvalue weighted by atomic mass is 9.87. The van der Waals surface area contributed by atoms with E-state index in [0.29, 0.717) is 23.1 Å². The van der Waals surface area contributed by atoms with E-state index in [-0.39, 0.29) is 11.2 Å². The normalized spacial score (nSPS) is 15.1. The topological polar surface area (TPSA) is 34.1 Å². The van der Waals surface area contributed by atoms with Gasteiger partial charge in [0.1, 0.15) is 23.1 Å². The monoisotopic (exact) mass is 314 g/mol. The van der Waals surface area contributed by atoms with Gasteiger partial charge in [0, 0.05) is 24.4 Å². The molecule has 0 spiro atoms. The van der Waals surface area contributed by atoms with Crippen LogP contribution in [0.2, 0.25) is 0 Å². The predicted octanol–water partition coefficient (Wildman–Crippen LogP) is 5.27. The van der Waals surface area contributed by atoms with E-state index in [4.69, 9.17) is 4.74 Å². The van der Waals surface area contributed by atoms with Gasteiger partial charge in [0.15, 0.2) is 0 Å². The van der Waals surface area contributed by atoms with E-state index in [1.54, 1.807) is 18.3 Å². The minimum absolute atomic E-state index is 0.223. The lowest BCUT2D eigenvalue weighted by molar-refractivity contribution is 0.443. The minimum atomic E-state index is -0.239. The molecular weight excluding hydrogens is 291 g/mol. The van der Waals surface area contributed by atoms with Crippen LogP contribution < -0.4 is 10.1 Å². The molecule has 1 saturated carbocycles. The zero-order valence-corrected chi connectivity index (χ0v) is 13.9. The Hall–Kier alpha value is -2.10. The largest absolute Gasteiger partial charge is 0.457 e. The minimum Gasteiger partial charge on any atom is -0.457 e. The molecule has 0 aliphatic heterocycles. The summed E-state index contributed by atoms with van der Waals surface area (Å²) in [4.78, 5) is 4.30. The first-order valence-electron chi connectivity index (χ1n) is 8.12. The second kappa shape index (κ2) is 6.19. The highest BCUT2D eigenvalue weighted by molar-refractivity contribution is 5.44. The molecular formula is C19H23FN2O. The molecule has 0 amide bonds. The maximum Gasteiger partial charge on any atom is 0.132 e. The number of ether oxygens (including phenoxy) is 1. The van der Waals surface area contributed by atoms with Gasteiger partial charge in [-0.25, -0.2) is 9.37 Å². The van der Waals surface area contributed by atoms with E-state index in [1.165, 1.54) is 25.3 Å². The van der Waals surface area contributed by atoms with Crippen LogP contribution in [-0.2, 0) is 5.41 Å². The first-order chi connectivity index (χ1) is 10.9. The second-order valence-corrected chi connectivity index (χ2v) is 7.14. The van der Waals surface area contributed by atoms with Crippen molar-refractivity contribution >= 4 is 5.82 Å². The van der Waals surface area contributed by atoms with Gasteiger partial charge in [0.2, 0.25) is 0 Å². The van der Waals surface area contributed by atoms with Crippen molar-refractivity contribution in [2.24, 2.45) is 0 Å². The highest BCUT2D eigenvalue weighted by Crippen LogP contribution is 2.30. The molecule has 3 rings (SSSR count). The molecule has 0 radical (unpaired) electrons. The van der Waals surface area contributed by atoms with Crippen LogP contribution in [0.1, 0.15) is 45.6 Å². The summed E-state index contributed by atoms with van der Waals surface area (Å²) < 4.78 is 20.0. The first kappa shape index (κ1) is 15.8. The second-order valence-electron chi connectivity index (χ2n) is 7.14.